The van der Waals surface area contributed by atoms with Gasteiger partial charge in [0.15, 0.2) is 0 Å². The normalized spacial score (nSPS) is 21.8. The SMILES string of the molecule is CCCCC1CCC(C(=O)N(CCC#N)CCOC)CC1. The lowest BCUT2D eigenvalue weighted by Gasteiger charge is -2.32. The zero-order valence-electron chi connectivity index (χ0n) is 13.6. The molecular weight excluding hydrogens is 264 g/mol. The van der Waals surface area contributed by atoms with E-state index in [2.05, 4.69) is 13.0 Å². The lowest BCUT2D eigenvalue weighted by atomic mass is 9.79. The fourth-order valence-corrected chi connectivity index (χ4v) is 3.17. The fourth-order valence-electron chi connectivity index (χ4n) is 3.17. The second-order valence-corrected chi connectivity index (χ2v) is 6.09. The van der Waals surface area contributed by atoms with Crippen LogP contribution in [0.5, 0.6) is 0 Å². The van der Waals surface area contributed by atoms with E-state index in [0.29, 0.717) is 26.1 Å². The lowest BCUT2D eigenvalue weighted by Crippen LogP contribution is -2.40. The summed E-state index contributed by atoms with van der Waals surface area (Å²) in [4.78, 5) is 14.4. The van der Waals surface area contributed by atoms with E-state index in [1.807, 2.05) is 4.90 Å². The predicted octanol–water partition coefficient (Wildman–Crippen LogP) is 3.37. The topological polar surface area (TPSA) is 53.3 Å². The molecule has 1 rings (SSSR count). The zero-order valence-corrected chi connectivity index (χ0v) is 13.6. The first-order valence-electron chi connectivity index (χ1n) is 8.37. The van der Waals surface area contributed by atoms with Gasteiger partial charge in [-0.1, -0.05) is 26.2 Å². The number of hydrogen-bond donors (Lipinski definition) is 0. The molecule has 0 aromatic rings. The summed E-state index contributed by atoms with van der Waals surface area (Å²) in [7, 11) is 1.64. The van der Waals surface area contributed by atoms with Gasteiger partial charge in [0.1, 0.15) is 0 Å². The van der Waals surface area contributed by atoms with E-state index in [-0.39, 0.29) is 11.8 Å². The number of hydrogen-bond acceptors (Lipinski definition) is 3. The molecule has 4 nitrogen and oxygen atoms in total. The Labute approximate surface area is 129 Å². The van der Waals surface area contributed by atoms with E-state index in [4.69, 9.17) is 10.00 Å². The van der Waals surface area contributed by atoms with Crippen LogP contribution in [-0.2, 0) is 9.53 Å². The maximum Gasteiger partial charge on any atom is 0.225 e. The van der Waals surface area contributed by atoms with E-state index in [9.17, 15) is 4.79 Å². The Morgan fingerprint density at radius 3 is 2.57 bits per heavy atom. The Balaban J connectivity index is 2.42. The summed E-state index contributed by atoms with van der Waals surface area (Å²) in [6, 6.07) is 2.13. The number of nitriles is 1. The van der Waals surface area contributed by atoms with Crippen LogP contribution in [0.15, 0.2) is 0 Å². The van der Waals surface area contributed by atoms with Crippen molar-refractivity contribution >= 4 is 5.91 Å². The Kier molecular flexibility index (Phi) is 9.09. The molecule has 0 aromatic heterocycles. The number of carbonyl (C=O) groups excluding carboxylic acids is 1. The number of carbonyl (C=O) groups is 1. The van der Waals surface area contributed by atoms with Crippen LogP contribution in [-0.4, -0.2) is 37.6 Å². The first kappa shape index (κ1) is 18.0. The van der Waals surface area contributed by atoms with Crippen LogP contribution in [0.4, 0.5) is 0 Å². The maximum atomic E-state index is 12.6. The molecule has 1 aliphatic rings. The van der Waals surface area contributed by atoms with Crippen LogP contribution in [0, 0.1) is 23.2 Å². The zero-order chi connectivity index (χ0) is 15.5. The van der Waals surface area contributed by atoms with Crippen molar-refractivity contribution in [3.63, 3.8) is 0 Å². The molecule has 0 atom stereocenters. The summed E-state index contributed by atoms with van der Waals surface area (Å²) in [6.45, 7) is 3.92. The van der Waals surface area contributed by atoms with Crippen molar-refractivity contribution < 1.29 is 9.53 Å². The summed E-state index contributed by atoms with van der Waals surface area (Å²) in [5, 5.41) is 8.73. The van der Waals surface area contributed by atoms with E-state index in [0.717, 1.165) is 18.8 Å². The third-order valence-electron chi connectivity index (χ3n) is 4.53. The molecule has 1 amide bonds. The van der Waals surface area contributed by atoms with Gasteiger partial charge >= 0.3 is 0 Å². The second-order valence-electron chi connectivity index (χ2n) is 6.09. The van der Waals surface area contributed by atoms with E-state index >= 15 is 0 Å². The number of unbranched alkanes of at least 4 members (excludes halogenated alkanes) is 1. The first-order valence-corrected chi connectivity index (χ1v) is 8.37. The Morgan fingerprint density at radius 2 is 2.00 bits per heavy atom. The van der Waals surface area contributed by atoms with Crippen LogP contribution in [0.3, 0.4) is 0 Å². The number of nitrogens with zero attached hydrogens (tertiary/aromatic N) is 2. The van der Waals surface area contributed by atoms with Gasteiger partial charge in [-0.05, 0) is 31.6 Å². The minimum atomic E-state index is 0.165. The molecule has 0 saturated heterocycles. The van der Waals surface area contributed by atoms with Gasteiger partial charge in [0, 0.05) is 26.1 Å². The van der Waals surface area contributed by atoms with Crippen LogP contribution in [0.2, 0.25) is 0 Å². The molecule has 4 heteroatoms. The van der Waals surface area contributed by atoms with E-state index < -0.39 is 0 Å². The van der Waals surface area contributed by atoms with Crippen LogP contribution in [0.25, 0.3) is 0 Å². The molecule has 0 unspecified atom stereocenters. The highest BCUT2D eigenvalue weighted by Gasteiger charge is 2.28. The molecule has 0 aromatic carbocycles. The lowest BCUT2D eigenvalue weighted by molar-refractivity contribution is -0.137. The Bertz CT molecular complexity index is 330. The van der Waals surface area contributed by atoms with Gasteiger partial charge in [0.25, 0.3) is 0 Å². The predicted molar refractivity (Wildman–Crippen MR) is 83.7 cm³/mol. The van der Waals surface area contributed by atoms with Crippen LogP contribution < -0.4 is 0 Å². The molecule has 0 radical (unpaired) electrons. The number of methoxy groups -OCH3 is 1. The molecule has 1 saturated carbocycles. The number of rotatable bonds is 9. The van der Waals surface area contributed by atoms with Crippen molar-refractivity contribution in [2.75, 3.05) is 26.8 Å². The third-order valence-corrected chi connectivity index (χ3v) is 4.53. The van der Waals surface area contributed by atoms with Crippen molar-refractivity contribution in [1.29, 1.82) is 5.26 Å². The molecule has 21 heavy (non-hydrogen) atoms. The Hall–Kier alpha value is -1.08. The minimum Gasteiger partial charge on any atom is -0.383 e. The van der Waals surface area contributed by atoms with E-state index in [1.54, 1.807) is 7.11 Å². The van der Waals surface area contributed by atoms with Crippen molar-refractivity contribution in [1.82, 2.24) is 4.90 Å². The molecule has 0 aliphatic heterocycles. The second kappa shape index (κ2) is 10.6. The van der Waals surface area contributed by atoms with Gasteiger partial charge in [-0.2, -0.15) is 5.26 Å². The van der Waals surface area contributed by atoms with Crippen molar-refractivity contribution in [2.45, 2.75) is 58.3 Å². The van der Waals surface area contributed by atoms with Gasteiger partial charge in [-0.25, -0.2) is 0 Å². The summed E-state index contributed by atoms with van der Waals surface area (Å²) in [5.74, 6) is 1.22. The monoisotopic (exact) mass is 294 g/mol. The molecule has 1 aliphatic carbocycles. The van der Waals surface area contributed by atoms with E-state index in [1.165, 1.54) is 32.1 Å². The molecule has 0 heterocycles. The van der Waals surface area contributed by atoms with Crippen molar-refractivity contribution in [3.8, 4) is 6.07 Å². The van der Waals surface area contributed by atoms with Gasteiger partial charge < -0.3 is 9.64 Å². The molecule has 0 N–H and O–H groups in total. The third kappa shape index (κ3) is 6.48. The maximum absolute atomic E-state index is 12.6. The summed E-state index contributed by atoms with van der Waals surface area (Å²) < 4.78 is 5.07. The van der Waals surface area contributed by atoms with Crippen LogP contribution >= 0.6 is 0 Å². The molecule has 0 bridgehead atoms. The largest absolute Gasteiger partial charge is 0.383 e. The highest BCUT2D eigenvalue weighted by atomic mass is 16.5. The average Bonchev–Trinajstić information content (AvgIpc) is 2.53. The van der Waals surface area contributed by atoms with Crippen molar-refractivity contribution in [2.24, 2.45) is 11.8 Å². The molecule has 1 fully saturated rings. The fraction of sp³-hybridized carbons (Fsp3) is 0.882. The quantitative estimate of drug-likeness (QED) is 0.655. The average molecular weight is 294 g/mol. The van der Waals surface area contributed by atoms with Gasteiger partial charge in [0.2, 0.25) is 5.91 Å². The standard InChI is InChI=1S/C17H30N2O2/c1-3-4-6-15-7-9-16(10-8-15)17(20)19(12-5-11-18)13-14-21-2/h15-16H,3-10,12-14H2,1-2H3. The molecule has 120 valence electrons. The van der Waals surface area contributed by atoms with Gasteiger partial charge in [-0.3, -0.25) is 4.79 Å². The first-order chi connectivity index (χ1) is 10.2. The smallest absolute Gasteiger partial charge is 0.225 e. The highest BCUT2D eigenvalue weighted by Crippen LogP contribution is 2.32. The highest BCUT2D eigenvalue weighted by molar-refractivity contribution is 5.79. The molecular formula is C17H30N2O2. The number of amides is 1. The van der Waals surface area contributed by atoms with Gasteiger partial charge in [0.05, 0.1) is 19.1 Å². The Morgan fingerprint density at radius 1 is 1.29 bits per heavy atom. The van der Waals surface area contributed by atoms with Gasteiger partial charge in [-0.15, -0.1) is 0 Å². The van der Waals surface area contributed by atoms with Crippen molar-refractivity contribution in [3.05, 3.63) is 0 Å². The summed E-state index contributed by atoms with van der Waals surface area (Å²) >= 11 is 0. The minimum absolute atomic E-state index is 0.165. The van der Waals surface area contributed by atoms with Crippen LogP contribution in [0.1, 0.15) is 58.3 Å². The number of ether oxygens (including phenoxy) is 1. The molecule has 0 spiro atoms. The summed E-state index contributed by atoms with van der Waals surface area (Å²) in [6.07, 6.45) is 8.70. The summed E-state index contributed by atoms with van der Waals surface area (Å²) in [5.41, 5.74) is 0.